The predicted molar refractivity (Wildman–Crippen MR) is 93.2 cm³/mol. The number of hydrogen-bond donors (Lipinski definition) is 1. The molecule has 0 amide bonds. The molecular formula is C19H19NO4. The first-order chi connectivity index (χ1) is 11.6. The topological polar surface area (TPSA) is 64.6 Å². The van der Waals surface area contributed by atoms with Crippen LogP contribution in [0.25, 0.3) is 6.08 Å². The SMILES string of the molecule is CCOC(=O)/C=C/c1ccccc1Nc1ccc(C(=O)OC)cc1. The summed E-state index contributed by atoms with van der Waals surface area (Å²) in [5, 5.41) is 3.26. The number of hydrogen-bond acceptors (Lipinski definition) is 5. The average molecular weight is 325 g/mol. The molecule has 0 radical (unpaired) electrons. The van der Waals surface area contributed by atoms with Crippen LogP contribution in [0.1, 0.15) is 22.8 Å². The van der Waals surface area contributed by atoms with Crippen molar-refractivity contribution in [2.24, 2.45) is 0 Å². The Kier molecular flexibility index (Phi) is 6.14. The van der Waals surface area contributed by atoms with Gasteiger partial charge in [-0.25, -0.2) is 9.59 Å². The predicted octanol–water partition coefficient (Wildman–Crippen LogP) is 3.79. The van der Waals surface area contributed by atoms with Crippen LogP contribution in [0.4, 0.5) is 11.4 Å². The van der Waals surface area contributed by atoms with Crippen LogP contribution in [-0.2, 0) is 14.3 Å². The van der Waals surface area contributed by atoms with Crippen molar-refractivity contribution in [1.29, 1.82) is 0 Å². The minimum atomic E-state index is -0.380. The van der Waals surface area contributed by atoms with Crippen molar-refractivity contribution in [2.75, 3.05) is 19.0 Å². The highest BCUT2D eigenvalue weighted by Crippen LogP contribution is 2.22. The molecule has 1 N–H and O–H groups in total. The third-order valence-electron chi connectivity index (χ3n) is 3.23. The maximum Gasteiger partial charge on any atom is 0.337 e. The summed E-state index contributed by atoms with van der Waals surface area (Å²) in [5.74, 6) is -0.756. The monoisotopic (exact) mass is 325 g/mol. The highest BCUT2D eigenvalue weighted by molar-refractivity contribution is 5.90. The molecule has 24 heavy (non-hydrogen) atoms. The van der Waals surface area contributed by atoms with E-state index in [0.29, 0.717) is 12.2 Å². The molecular weight excluding hydrogens is 306 g/mol. The maximum absolute atomic E-state index is 11.4. The van der Waals surface area contributed by atoms with Crippen molar-refractivity contribution in [2.45, 2.75) is 6.92 Å². The van der Waals surface area contributed by atoms with E-state index < -0.39 is 0 Å². The van der Waals surface area contributed by atoms with E-state index in [9.17, 15) is 9.59 Å². The first-order valence-corrected chi connectivity index (χ1v) is 7.53. The van der Waals surface area contributed by atoms with Gasteiger partial charge in [-0.3, -0.25) is 0 Å². The summed E-state index contributed by atoms with van der Waals surface area (Å²) in [5.41, 5.74) is 2.99. The molecule has 0 heterocycles. The Balaban J connectivity index is 2.15. The molecule has 0 atom stereocenters. The van der Waals surface area contributed by atoms with Crippen molar-refractivity contribution in [3.8, 4) is 0 Å². The van der Waals surface area contributed by atoms with E-state index in [1.807, 2.05) is 24.3 Å². The minimum absolute atomic E-state index is 0.343. The fourth-order valence-corrected chi connectivity index (χ4v) is 2.07. The van der Waals surface area contributed by atoms with Gasteiger partial charge in [0, 0.05) is 17.5 Å². The van der Waals surface area contributed by atoms with Crippen LogP contribution in [0.15, 0.2) is 54.6 Å². The lowest BCUT2D eigenvalue weighted by Gasteiger charge is -2.10. The number of rotatable bonds is 6. The summed E-state index contributed by atoms with van der Waals surface area (Å²) in [6.07, 6.45) is 3.09. The van der Waals surface area contributed by atoms with E-state index in [1.165, 1.54) is 13.2 Å². The number of nitrogens with one attached hydrogen (secondary N) is 1. The normalized spacial score (nSPS) is 10.4. The van der Waals surface area contributed by atoms with E-state index in [1.54, 1.807) is 37.3 Å². The van der Waals surface area contributed by atoms with E-state index >= 15 is 0 Å². The maximum atomic E-state index is 11.4. The van der Waals surface area contributed by atoms with E-state index in [2.05, 4.69) is 10.1 Å². The Hall–Kier alpha value is -3.08. The Morgan fingerprint density at radius 3 is 2.46 bits per heavy atom. The molecule has 0 saturated carbocycles. The summed E-state index contributed by atoms with van der Waals surface area (Å²) >= 11 is 0. The minimum Gasteiger partial charge on any atom is -0.465 e. The van der Waals surface area contributed by atoms with Crippen LogP contribution < -0.4 is 5.32 Å². The summed E-state index contributed by atoms with van der Waals surface area (Å²) < 4.78 is 9.55. The molecule has 0 fully saturated rings. The number of esters is 2. The van der Waals surface area contributed by atoms with Gasteiger partial charge in [0.1, 0.15) is 0 Å². The molecule has 0 unspecified atom stereocenters. The summed E-state index contributed by atoms with van der Waals surface area (Å²) in [6.45, 7) is 2.11. The fourth-order valence-electron chi connectivity index (χ4n) is 2.07. The van der Waals surface area contributed by atoms with Crippen LogP contribution in [-0.4, -0.2) is 25.7 Å². The smallest absolute Gasteiger partial charge is 0.337 e. The summed E-state index contributed by atoms with van der Waals surface area (Å²) in [4.78, 5) is 22.9. The average Bonchev–Trinajstić information content (AvgIpc) is 2.61. The van der Waals surface area contributed by atoms with Crippen LogP contribution >= 0.6 is 0 Å². The van der Waals surface area contributed by atoms with Gasteiger partial charge in [-0.1, -0.05) is 18.2 Å². The van der Waals surface area contributed by atoms with Gasteiger partial charge in [0.15, 0.2) is 0 Å². The van der Waals surface area contributed by atoms with Gasteiger partial charge >= 0.3 is 11.9 Å². The number of carbonyl (C=O) groups excluding carboxylic acids is 2. The van der Waals surface area contributed by atoms with Crippen LogP contribution in [0.5, 0.6) is 0 Å². The lowest BCUT2D eigenvalue weighted by molar-refractivity contribution is -0.137. The first-order valence-electron chi connectivity index (χ1n) is 7.53. The van der Waals surface area contributed by atoms with Gasteiger partial charge in [-0.15, -0.1) is 0 Å². The molecule has 0 aliphatic heterocycles. The third kappa shape index (κ3) is 4.71. The molecule has 2 aromatic rings. The lowest BCUT2D eigenvalue weighted by atomic mass is 10.1. The third-order valence-corrected chi connectivity index (χ3v) is 3.23. The quantitative estimate of drug-likeness (QED) is 0.646. The van der Waals surface area contributed by atoms with Crippen molar-refractivity contribution in [3.05, 3.63) is 65.7 Å². The van der Waals surface area contributed by atoms with Gasteiger partial charge in [-0.2, -0.15) is 0 Å². The summed E-state index contributed by atoms with van der Waals surface area (Å²) in [7, 11) is 1.35. The molecule has 2 rings (SSSR count). The zero-order valence-electron chi connectivity index (χ0n) is 13.6. The molecule has 0 aliphatic carbocycles. The molecule has 0 spiro atoms. The standard InChI is InChI=1S/C19H19NO4/c1-3-24-18(21)13-10-14-6-4-5-7-17(14)20-16-11-8-15(9-12-16)19(22)23-2/h4-13,20H,3H2,1-2H3/b13-10+. The van der Waals surface area contributed by atoms with Crippen molar-refractivity contribution in [1.82, 2.24) is 0 Å². The Labute approximate surface area is 140 Å². The molecule has 5 heteroatoms. The van der Waals surface area contributed by atoms with Gasteiger partial charge in [-0.05, 0) is 48.9 Å². The molecule has 0 aliphatic rings. The highest BCUT2D eigenvalue weighted by atomic mass is 16.5. The number of anilines is 2. The molecule has 0 aromatic heterocycles. The molecule has 0 bridgehead atoms. The zero-order valence-corrected chi connectivity index (χ0v) is 13.6. The number of benzene rings is 2. The molecule has 124 valence electrons. The van der Waals surface area contributed by atoms with Gasteiger partial charge in [0.25, 0.3) is 0 Å². The second-order valence-corrected chi connectivity index (χ2v) is 4.87. The van der Waals surface area contributed by atoms with E-state index in [4.69, 9.17) is 4.74 Å². The largest absolute Gasteiger partial charge is 0.465 e. The van der Waals surface area contributed by atoms with Crippen LogP contribution in [0.3, 0.4) is 0 Å². The van der Waals surface area contributed by atoms with Crippen LogP contribution in [0.2, 0.25) is 0 Å². The van der Waals surface area contributed by atoms with Gasteiger partial charge in [0.05, 0.1) is 19.3 Å². The number of carbonyl (C=O) groups is 2. The Morgan fingerprint density at radius 2 is 1.79 bits per heavy atom. The van der Waals surface area contributed by atoms with Crippen LogP contribution in [0, 0.1) is 0 Å². The van der Waals surface area contributed by atoms with Crippen molar-refractivity contribution < 1.29 is 19.1 Å². The Morgan fingerprint density at radius 1 is 1.08 bits per heavy atom. The molecule has 2 aromatic carbocycles. The van der Waals surface area contributed by atoms with Gasteiger partial charge < -0.3 is 14.8 Å². The first kappa shape index (κ1) is 17.3. The number of para-hydroxylation sites is 1. The lowest BCUT2D eigenvalue weighted by Crippen LogP contribution is -2.01. The zero-order chi connectivity index (χ0) is 17.4. The number of ether oxygens (including phenoxy) is 2. The summed E-state index contributed by atoms with van der Waals surface area (Å²) in [6, 6.07) is 14.5. The second-order valence-electron chi connectivity index (χ2n) is 4.87. The molecule has 5 nitrogen and oxygen atoms in total. The molecule has 0 saturated heterocycles. The Bertz CT molecular complexity index is 735. The number of methoxy groups -OCH3 is 1. The van der Waals surface area contributed by atoms with Gasteiger partial charge in [0.2, 0.25) is 0 Å². The van der Waals surface area contributed by atoms with E-state index in [0.717, 1.165) is 16.9 Å². The fraction of sp³-hybridized carbons (Fsp3) is 0.158. The van der Waals surface area contributed by atoms with E-state index in [-0.39, 0.29) is 11.9 Å². The van der Waals surface area contributed by atoms with Crippen molar-refractivity contribution in [3.63, 3.8) is 0 Å². The highest BCUT2D eigenvalue weighted by Gasteiger charge is 2.05. The van der Waals surface area contributed by atoms with Crippen molar-refractivity contribution >= 4 is 29.4 Å². The second kappa shape index (κ2) is 8.53.